The number of hydrogen-bond donors (Lipinski definition) is 2. The quantitative estimate of drug-likeness (QED) is 0.732. The fraction of sp³-hybridized carbons (Fsp3) is 0.300. The zero-order chi connectivity index (χ0) is 11.3. The van der Waals surface area contributed by atoms with Gasteiger partial charge in [-0.05, 0) is 6.07 Å². The molecule has 15 heavy (non-hydrogen) atoms. The van der Waals surface area contributed by atoms with Gasteiger partial charge in [-0.1, -0.05) is 12.1 Å². The number of nitrogens with one attached hydrogen (secondary N) is 1. The van der Waals surface area contributed by atoms with Crippen molar-refractivity contribution in [1.29, 1.82) is 0 Å². The lowest BCUT2D eigenvalue weighted by Gasteiger charge is -2.04. The van der Waals surface area contributed by atoms with Gasteiger partial charge in [-0.25, -0.2) is 8.78 Å². The van der Waals surface area contributed by atoms with Crippen LogP contribution < -0.4 is 5.32 Å². The monoisotopic (exact) mass is 215 g/mol. The summed E-state index contributed by atoms with van der Waals surface area (Å²) in [5, 5.41) is 11.0. The van der Waals surface area contributed by atoms with Crippen LogP contribution in [0.3, 0.4) is 0 Å². The van der Waals surface area contributed by atoms with E-state index in [2.05, 4.69) is 5.32 Å². The first-order chi connectivity index (χ1) is 7.11. The predicted molar refractivity (Wildman–Crippen MR) is 50.3 cm³/mol. The Kier molecular flexibility index (Phi) is 4.17. The highest BCUT2D eigenvalue weighted by Gasteiger charge is 2.06. The summed E-state index contributed by atoms with van der Waals surface area (Å²) in [5.41, 5.74) is 0.195. The van der Waals surface area contributed by atoms with Crippen LogP contribution in [0.25, 0.3) is 0 Å². The number of hydrogen-bond acceptors (Lipinski definition) is 2. The molecule has 82 valence electrons. The van der Waals surface area contributed by atoms with Crippen molar-refractivity contribution in [2.75, 3.05) is 6.54 Å². The highest BCUT2D eigenvalue weighted by Crippen LogP contribution is 2.10. The van der Waals surface area contributed by atoms with Gasteiger partial charge in [0.2, 0.25) is 0 Å². The van der Waals surface area contributed by atoms with Crippen molar-refractivity contribution in [3.63, 3.8) is 0 Å². The van der Waals surface area contributed by atoms with Gasteiger partial charge in [0.25, 0.3) is 0 Å². The van der Waals surface area contributed by atoms with E-state index < -0.39 is 17.6 Å². The van der Waals surface area contributed by atoms with Crippen molar-refractivity contribution >= 4 is 5.97 Å². The summed E-state index contributed by atoms with van der Waals surface area (Å²) in [6.07, 6.45) is -0.0447. The van der Waals surface area contributed by atoms with Crippen LogP contribution in [0.2, 0.25) is 0 Å². The van der Waals surface area contributed by atoms with Crippen LogP contribution in [0.1, 0.15) is 12.0 Å². The number of carbonyl (C=O) groups is 1. The molecule has 0 unspecified atom stereocenters. The summed E-state index contributed by atoms with van der Waals surface area (Å²) in [4.78, 5) is 10.2. The number of benzene rings is 1. The summed E-state index contributed by atoms with van der Waals surface area (Å²) < 4.78 is 25.8. The molecule has 0 saturated heterocycles. The van der Waals surface area contributed by atoms with Gasteiger partial charge < -0.3 is 10.4 Å². The third-order valence-corrected chi connectivity index (χ3v) is 1.86. The molecule has 0 amide bonds. The standard InChI is InChI=1S/C10H11F2NO2/c11-8-3-1-2-7(10(8)12)6-13-5-4-9(14)15/h1-3,13H,4-6H2,(H,14,15). The van der Waals surface area contributed by atoms with Crippen LogP contribution >= 0.6 is 0 Å². The highest BCUT2D eigenvalue weighted by molar-refractivity contribution is 5.66. The molecule has 0 aromatic heterocycles. The Hall–Kier alpha value is -1.49. The summed E-state index contributed by atoms with van der Waals surface area (Å²) >= 11 is 0. The fourth-order valence-electron chi connectivity index (χ4n) is 1.10. The number of carboxylic acids is 1. The smallest absolute Gasteiger partial charge is 0.304 e. The maximum absolute atomic E-state index is 13.1. The first kappa shape index (κ1) is 11.6. The molecular weight excluding hydrogens is 204 g/mol. The van der Waals surface area contributed by atoms with Crippen molar-refractivity contribution in [3.05, 3.63) is 35.4 Å². The molecule has 0 aliphatic rings. The van der Waals surface area contributed by atoms with E-state index in [-0.39, 0.29) is 25.1 Å². The average molecular weight is 215 g/mol. The SMILES string of the molecule is O=C(O)CCNCc1cccc(F)c1F. The Morgan fingerprint density at radius 2 is 2.13 bits per heavy atom. The van der Waals surface area contributed by atoms with Crippen molar-refractivity contribution in [1.82, 2.24) is 5.32 Å². The first-order valence-electron chi connectivity index (χ1n) is 4.46. The van der Waals surface area contributed by atoms with E-state index in [1.807, 2.05) is 0 Å². The second-order valence-electron chi connectivity index (χ2n) is 3.03. The third-order valence-electron chi connectivity index (χ3n) is 1.86. The minimum Gasteiger partial charge on any atom is -0.481 e. The minimum absolute atomic E-state index is 0.0447. The summed E-state index contributed by atoms with van der Waals surface area (Å²) in [7, 11) is 0. The summed E-state index contributed by atoms with van der Waals surface area (Å²) in [6.45, 7) is 0.349. The van der Waals surface area contributed by atoms with E-state index in [1.54, 1.807) is 0 Å². The lowest BCUT2D eigenvalue weighted by atomic mass is 10.2. The molecule has 1 aromatic rings. The molecule has 5 heteroatoms. The maximum atomic E-state index is 13.1. The van der Waals surface area contributed by atoms with E-state index in [1.165, 1.54) is 12.1 Å². The van der Waals surface area contributed by atoms with Crippen molar-refractivity contribution in [2.24, 2.45) is 0 Å². The molecule has 0 aliphatic carbocycles. The summed E-state index contributed by atoms with van der Waals surface area (Å²) in [5.74, 6) is -2.71. The Balaban J connectivity index is 2.44. The maximum Gasteiger partial charge on any atom is 0.304 e. The average Bonchev–Trinajstić information content (AvgIpc) is 2.18. The van der Waals surface area contributed by atoms with Gasteiger partial charge in [-0.2, -0.15) is 0 Å². The molecule has 0 radical (unpaired) electrons. The van der Waals surface area contributed by atoms with Gasteiger partial charge in [-0.15, -0.1) is 0 Å². The second kappa shape index (κ2) is 5.41. The molecule has 0 spiro atoms. The summed E-state index contributed by atoms with van der Waals surface area (Å²) in [6, 6.07) is 3.90. The molecule has 1 aromatic carbocycles. The Morgan fingerprint density at radius 1 is 1.40 bits per heavy atom. The van der Waals surface area contributed by atoms with E-state index in [0.717, 1.165) is 6.07 Å². The molecule has 0 atom stereocenters. The molecule has 0 saturated carbocycles. The van der Waals surface area contributed by atoms with Crippen LogP contribution in [-0.2, 0) is 11.3 Å². The van der Waals surface area contributed by atoms with E-state index in [0.29, 0.717) is 0 Å². The van der Waals surface area contributed by atoms with Crippen LogP contribution in [0.15, 0.2) is 18.2 Å². The highest BCUT2D eigenvalue weighted by atomic mass is 19.2. The normalized spacial score (nSPS) is 10.3. The van der Waals surface area contributed by atoms with E-state index in [4.69, 9.17) is 5.11 Å². The van der Waals surface area contributed by atoms with Gasteiger partial charge in [0.05, 0.1) is 6.42 Å². The molecule has 2 N–H and O–H groups in total. The Labute approximate surface area is 85.7 Å². The van der Waals surface area contributed by atoms with E-state index >= 15 is 0 Å². The van der Waals surface area contributed by atoms with Crippen molar-refractivity contribution < 1.29 is 18.7 Å². The zero-order valence-corrected chi connectivity index (χ0v) is 7.96. The molecular formula is C10H11F2NO2. The Bertz CT molecular complexity index is 355. The number of aliphatic carboxylic acids is 1. The topological polar surface area (TPSA) is 49.3 Å². The van der Waals surface area contributed by atoms with Crippen LogP contribution in [0.4, 0.5) is 8.78 Å². The number of halogens is 2. The van der Waals surface area contributed by atoms with Gasteiger partial charge in [0.15, 0.2) is 11.6 Å². The fourth-order valence-corrected chi connectivity index (χ4v) is 1.10. The molecule has 0 aliphatic heterocycles. The number of carboxylic acid groups (broad SMARTS) is 1. The van der Waals surface area contributed by atoms with Crippen molar-refractivity contribution in [3.8, 4) is 0 Å². The molecule has 0 heterocycles. The van der Waals surface area contributed by atoms with Gasteiger partial charge >= 0.3 is 5.97 Å². The van der Waals surface area contributed by atoms with E-state index in [9.17, 15) is 13.6 Å². The predicted octanol–water partition coefficient (Wildman–Crippen LogP) is 1.53. The molecule has 3 nitrogen and oxygen atoms in total. The number of rotatable bonds is 5. The lowest BCUT2D eigenvalue weighted by molar-refractivity contribution is -0.136. The third kappa shape index (κ3) is 3.63. The Morgan fingerprint density at radius 3 is 2.80 bits per heavy atom. The molecule has 0 bridgehead atoms. The van der Waals surface area contributed by atoms with Gasteiger partial charge in [0, 0.05) is 18.7 Å². The minimum atomic E-state index is -0.929. The second-order valence-corrected chi connectivity index (χ2v) is 3.03. The lowest BCUT2D eigenvalue weighted by Crippen LogP contribution is -2.18. The van der Waals surface area contributed by atoms with Crippen molar-refractivity contribution in [2.45, 2.75) is 13.0 Å². The first-order valence-corrected chi connectivity index (χ1v) is 4.46. The van der Waals surface area contributed by atoms with Gasteiger partial charge in [0.1, 0.15) is 0 Å². The van der Waals surface area contributed by atoms with Gasteiger partial charge in [-0.3, -0.25) is 4.79 Å². The van der Waals surface area contributed by atoms with Crippen LogP contribution in [0.5, 0.6) is 0 Å². The van der Waals surface area contributed by atoms with Crippen LogP contribution in [-0.4, -0.2) is 17.6 Å². The van der Waals surface area contributed by atoms with Crippen LogP contribution in [0, 0.1) is 11.6 Å². The molecule has 1 rings (SSSR count). The zero-order valence-electron chi connectivity index (χ0n) is 7.96. The largest absolute Gasteiger partial charge is 0.481 e. The molecule has 0 fully saturated rings.